The maximum Gasteiger partial charge on any atom is 0.405 e. The van der Waals surface area contributed by atoms with Crippen molar-refractivity contribution in [1.82, 2.24) is 5.32 Å². The molecule has 0 unspecified atom stereocenters. The summed E-state index contributed by atoms with van der Waals surface area (Å²) in [5.74, 6) is -0.376. The third-order valence-electron chi connectivity index (χ3n) is 4.65. The zero-order valence-electron chi connectivity index (χ0n) is 16.3. The van der Waals surface area contributed by atoms with E-state index in [9.17, 15) is 9.59 Å². The average molecular weight is 384 g/mol. The van der Waals surface area contributed by atoms with Crippen molar-refractivity contribution >= 4 is 23.4 Å². The molecule has 0 heterocycles. The third-order valence-corrected chi connectivity index (χ3v) is 4.65. The fourth-order valence-corrected chi connectivity index (χ4v) is 2.97. The van der Waals surface area contributed by atoms with Crippen LogP contribution < -0.4 is 22.1 Å². The molecule has 0 aliphatic rings. The first kappa shape index (κ1) is 21.2. The molecule has 2 aromatic carbocycles. The molecule has 0 aromatic heterocycles. The first-order valence-electron chi connectivity index (χ1n) is 9.29. The number of carboxylic acid groups (broad SMARTS) is 1. The zero-order valence-corrected chi connectivity index (χ0v) is 16.3. The smallest absolute Gasteiger partial charge is 0.405 e. The van der Waals surface area contributed by atoms with Gasteiger partial charge in [-0.25, -0.2) is 4.79 Å². The van der Waals surface area contributed by atoms with Gasteiger partial charge in [0.1, 0.15) is 6.04 Å². The van der Waals surface area contributed by atoms with Crippen molar-refractivity contribution in [3.8, 4) is 11.1 Å². The molecule has 1 atom stereocenters. The molecule has 2 aromatic rings. The summed E-state index contributed by atoms with van der Waals surface area (Å²) in [6.45, 7) is 4.37. The molecule has 7 nitrogen and oxygen atoms in total. The summed E-state index contributed by atoms with van der Waals surface area (Å²) in [5.41, 5.74) is 16.7. The van der Waals surface area contributed by atoms with Gasteiger partial charge in [0.25, 0.3) is 0 Å². The number of carbonyl (C=O) groups is 2. The lowest BCUT2D eigenvalue weighted by Crippen LogP contribution is -2.43. The Balaban J connectivity index is 2.14. The second-order valence-electron chi connectivity index (χ2n) is 6.88. The van der Waals surface area contributed by atoms with Crippen LogP contribution in [-0.2, 0) is 4.79 Å². The number of nitrogen functional groups attached to an aromatic ring is 1. The highest BCUT2D eigenvalue weighted by Crippen LogP contribution is 2.27. The number of nitrogens with one attached hydrogen (secondary N) is 2. The summed E-state index contributed by atoms with van der Waals surface area (Å²) in [5, 5.41) is 14.1. The van der Waals surface area contributed by atoms with Crippen LogP contribution in [0.3, 0.4) is 0 Å². The number of benzene rings is 2. The van der Waals surface area contributed by atoms with Gasteiger partial charge in [-0.05, 0) is 86.2 Å². The third kappa shape index (κ3) is 5.72. The lowest BCUT2D eigenvalue weighted by molar-refractivity contribution is -0.118. The Morgan fingerprint density at radius 3 is 2.25 bits per heavy atom. The van der Waals surface area contributed by atoms with Gasteiger partial charge in [-0.2, -0.15) is 0 Å². The van der Waals surface area contributed by atoms with Gasteiger partial charge in [0.2, 0.25) is 5.91 Å². The molecule has 0 saturated carbocycles. The fourth-order valence-electron chi connectivity index (χ4n) is 2.97. The van der Waals surface area contributed by atoms with Gasteiger partial charge < -0.3 is 27.2 Å². The van der Waals surface area contributed by atoms with E-state index >= 15 is 0 Å². The number of amides is 2. The minimum atomic E-state index is -1.22. The largest absolute Gasteiger partial charge is 0.465 e. The maximum atomic E-state index is 12.5. The van der Waals surface area contributed by atoms with Crippen molar-refractivity contribution in [2.45, 2.75) is 39.2 Å². The molecule has 0 spiro atoms. The number of hydrogen-bond acceptors (Lipinski definition) is 4. The van der Waals surface area contributed by atoms with Gasteiger partial charge in [-0.3, -0.25) is 4.79 Å². The quantitative estimate of drug-likeness (QED) is 0.352. The Labute approximate surface area is 165 Å². The van der Waals surface area contributed by atoms with Gasteiger partial charge in [0.05, 0.1) is 0 Å². The van der Waals surface area contributed by atoms with Crippen LogP contribution in [0.15, 0.2) is 36.4 Å². The molecular formula is C21H28N4O3. The predicted octanol–water partition coefficient (Wildman–Crippen LogP) is 3.26. The number of aryl methyl sites for hydroxylation is 2. The van der Waals surface area contributed by atoms with Crippen LogP contribution >= 0.6 is 0 Å². The molecule has 0 fully saturated rings. The van der Waals surface area contributed by atoms with E-state index in [1.165, 1.54) is 0 Å². The molecule has 0 aliphatic carbocycles. The number of carbonyl (C=O) groups excluding carboxylic acids is 1. The summed E-state index contributed by atoms with van der Waals surface area (Å²) in [7, 11) is 0. The average Bonchev–Trinajstić information content (AvgIpc) is 2.64. The van der Waals surface area contributed by atoms with Crippen molar-refractivity contribution in [2.75, 3.05) is 17.6 Å². The lowest BCUT2D eigenvalue weighted by Gasteiger charge is -2.18. The number of rotatable bonds is 8. The fraction of sp³-hybridized carbons (Fsp3) is 0.333. The number of unbranched alkanes of at least 4 members (excludes halogenated alkanes) is 1. The maximum absolute atomic E-state index is 12.5. The van der Waals surface area contributed by atoms with E-state index in [0.29, 0.717) is 25.1 Å². The van der Waals surface area contributed by atoms with Crippen LogP contribution in [0, 0.1) is 13.8 Å². The topological polar surface area (TPSA) is 130 Å². The highest BCUT2D eigenvalue weighted by atomic mass is 16.4. The van der Waals surface area contributed by atoms with E-state index in [-0.39, 0.29) is 5.91 Å². The Bertz CT molecular complexity index is 852. The number of hydrogen-bond donors (Lipinski definition) is 5. The van der Waals surface area contributed by atoms with E-state index in [1.807, 2.05) is 50.2 Å². The monoisotopic (exact) mass is 384 g/mol. The Hall–Kier alpha value is -3.06. The molecule has 2 amide bonds. The molecular weight excluding hydrogens is 356 g/mol. The summed E-state index contributed by atoms with van der Waals surface area (Å²) in [4.78, 5) is 23.5. The molecule has 0 radical (unpaired) electrons. The van der Waals surface area contributed by atoms with Gasteiger partial charge in [0.15, 0.2) is 0 Å². The highest BCUT2D eigenvalue weighted by Gasteiger charge is 2.20. The molecule has 150 valence electrons. The van der Waals surface area contributed by atoms with Gasteiger partial charge >= 0.3 is 6.09 Å². The second-order valence-corrected chi connectivity index (χ2v) is 6.88. The van der Waals surface area contributed by atoms with E-state index in [4.69, 9.17) is 16.6 Å². The van der Waals surface area contributed by atoms with Crippen molar-refractivity contribution in [2.24, 2.45) is 5.73 Å². The Morgan fingerprint density at radius 2 is 1.68 bits per heavy atom. The number of anilines is 2. The van der Waals surface area contributed by atoms with E-state index in [0.717, 1.165) is 34.4 Å². The van der Waals surface area contributed by atoms with Crippen LogP contribution in [0.1, 0.15) is 30.4 Å². The second kappa shape index (κ2) is 9.75. The Morgan fingerprint density at radius 1 is 1.04 bits per heavy atom. The highest BCUT2D eigenvalue weighted by molar-refractivity contribution is 5.97. The van der Waals surface area contributed by atoms with Crippen molar-refractivity contribution in [3.05, 3.63) is 47.5 Å². The standard InChI is InChI=1S/C21H28N4O3/c1-13-11-15(6-8-17(13)23)16-7-9-18(14(2)12-16)24-20(26)19(25-21(27)28)5-3-4-10-22/h6-9,11-12,19,25H,3-5,10,22-23H2,1-2H3,(H,24,26)(H,27,28)/t19-/m0/s1. The first-order chi connectivity index (χ1) is 13.3. The van der Waals surface area contributed by atoms with Crippen LogP contribution in [0.4, 0.5) is 16.2 Å². The van der Waals surface area contributed by atoms with Crippen molar-refractivity contribution in [3.63, 3.8) is 0 Å². The van der Waals surface area contributed by atoms with Crippen molar-refractivity contribution < 1.29 is 14.7 Å². The Kier molecular flexibility index (Phi) is 7.40. The van der Waals surface area contributed by atoms with E-state index < -0.39 is 12.1 Å². The normalized spacial score (nSPS) is 11.7. The zero-order chi connectivity index (χ0) is 20.7. The van der Waals surface area contributed by atoms with Crippen LogP contribution in [0.5, 0.6) is 0 Å². The molecule has 0 aliphatic heterocycles. The molecule has 0 bridgehead atoms. The SMILES string of the molecule is Cc1cc(-c2ccc(NC(=O)[C@H](CCCCN)NC(=O)O)c(C)c2)ccc1N. The summed E-state index contributed by atoms with van der Waals surface area (Å²) in [6.07, 6.45) is 0.582. The van der Waals surface area contributed by atoms with Gasteiger partial charge in [0, 0.05) is 11.4 Å². The first-order valence-corrected chi connectivity index (χ1v) is 9.29. The molecule has 28 heavy (non-hydrogen) atoms. The van der Waals surface area contributed by atoms with Gasteiger partial charge in [-0.15, -0.1) is 0 Å². The van der Waals surface area contributed by atoms with Crippen molar-refractivity contribution in [1.29, 1.82) is 0 Å². The minimum Gasteiger partial charge on any atom is -0.465 e. The molecule has 7 heteroatoms. The molecule has 0 saturated heterocycles. The van der Waals surface area contributed by atoms with Crippen LogP contribution in [0.25, 0.3) is 11.1 Å². The predicted molar refractivity (Wildman–Crippen MR) is 112 cm³/mol. The number of nitrogens with two attached hydrogens (primary N) is 2. The van der Waals surface area contributed by atoms with E-state index in [1.54, 1.807) is 0 Å². The minimum absolute atomic E-state index is 0.376. The van der Waals surface area contributed by atoms with E-state index in [2.05, 4.69) is 10.6 Å². The molecule has 2 rings (SSSR count). The van der Waals surface area contributed by atoms with Gasteiger partial charge in [-0.1, -0.05) is 12.1 Å². The summed E-state index contributed by atoms with van der Waals surface area (Å²) < 4.78 is 0. The van der Waals surface area contributed by atoms with Crippen LogP contribution in [0.2, 0.25) is 0 Å². The molecule has 7 N–H and O–H groups in total. The van der Waals surface area contributed by atoms with Crippen LogP contribution in [-0.4, -0.2) is 29.7 Å². The lowest BCUT2D eigenvalue weighted by atomic mass is 10.00. The summed E-state index contributed by atoms with van der Waals surface area (Å²) in [6, 6.07) is 10.8. The summed E-state index contributed by atoms with van der Waals surface area (Å²) >= 11 is 0.